The van der Waals surface area contributed by atoms with Crippen LogP contribution < -0.4 is 4.74 Å². The highest BCUT2D eigenvalue weighted by molar-refractivity contribution is 5.74. The third kappa shape index (κ3) is 5.60. The van der Waals surface area contributed by atoms with Gasteiger partial charge in [-0.15, -0.1) is 13.2 Å². The minimum Gasteiger partial charge on any atom is -0.479 e. The number of hydrogen-bond donors (Lipinski definition) is 2. The standard InChI is InChI=1S/C13H15F3O5/c1-7(17)8(2)20-11(12(18)19)9-3-5-10(6-4-9)21-13(14,15)16/h3-8,11,17H,1-2H3,(H,18,19). The molecule has 0 spiro atoms. The van der Waals surface area contributed by atoms with Crippen molar-refractivity contribution in [1.29, 1.82) is 0 Å². The van der Waals surface area contributed by atoms with Crippen molar-refractivity contribution < 1.29 is 37.7 Å². The van der Waals surface area contributed by atoms with Gasteiger partial charge in [0.15, 0.2) is 6.10 Å². The quantitative estimate of drug-likeness (QED) is 0.844. The fourth-order valence-electron chi connectivity index (χ4n) is 1.45. The van der Waals surface area contributed by atoms with Crippen molar-refractivity contribution >= 4 is 5.97 Å². The number of alkyl halides is 3. The second-order valence-corrected chi connectivity index (χ2v) is 4.42. The van der Waals surface area contributed by atoms with Crippen LogP contribution in [0.4, 0.5) is 13.2 Å². The lowest BCUT2D eigenvalue weighted by Gasteiger charge is -2.21. The lowest BCUT2D eigenvalue weighted by molar-refractivity contribution is -0.274. The molecule has 8 heteroatoms. The summed E-state index contributed by atoms with van der Waals surface area (Å²) in [6.45, 7) is 2.92. The highest BCUT2D eigenvalue weighted by Gasteiger charge is 2.31. The molecule has 118 valence electrons. The van der Waals surface area contributed by atoms with Crippen LogP contribution in [0.2, 0.25) is 0 Å². The first-order valence-electron chi connectivity index (χ1n) is 6.02. The average Bonchev–Trinajstić information content (AvgIpc) is 2.34. The summed E-state index contributed by atoms with van der Waals surface area (Å²) >= 11 is 0. The molecule has 1 aromatic carbocycles. The molecular formula is C13H15F3O5. The summed E-state index contributed by atoms with van der Waals surface area (Å²) in [4.78, 5) is 11.2. The number of ether oxygens (including phenoxy) is 2. The van der Waals surface area contributed by atoms with E-state index in [2.05, 4.69) is 4.74 Å². The fraction of sp³-hybridized carbons (Fsp3) is 0.462. The zero-order valence-electron chi connectivity index (χ0n) is 11.3. The van der Waals surface area contributed by atoms with Crippen LogP contribution in [0.1, 0.15) is 25.5 Å². The molecule has 0 aliphatic rings. The van der Waals surface area contributed by atoms with Crippen molar-refractivity contribution in [1.82, 2.24) is 0 Å². The number of aliphatic hydroxyl groups excluding tert-OH is 1. The van der Waals surface area contributed by atoms with Gasteiger partial charge in [-0.25, -0.2) is 4.79 Å². The minimum atomic E-state index is -4.81. The maximum Gasteiger partial charge on any atom is 0.573 e. The number of halogens is 3. The van der Waals surface area contributed by atoms with E-state index in [1.165, 1.54) is 13.8 Å². The first kappa shape index (κ1) is 17.3. The van der Waals surface area contributed by atoms with Gasteiger partial charge in [0.05, 0.1) is 12.2 Å². The number of carboxylic acid groups (broad SMARTS) is 1. The largest absolute Gasteiger partial charge is 0.573 e. The van der Waals surface area contributed by atoms with E-state index in [0.717, 1.165) is 24.3 Å². The normalized spacial score (nSPS) is 16.1. The molecular weight excluding hydrogens is 293 g/mol. The first-order valence-corrected chi connectivity index (χ1v) is 6.02. The molecule has 21 heavy (non-hydrogen) atoms. The van der Waals surface area contributed by atoms with Crippen molar-refractivity contribution in [3.63, 3.8) is 0 Å². The predicted octanol–water partition coefficient (Wildman–Crippen LogP) is 2.50. The molecule has 1 rings (SSSR count). The molecule has 2 N–H and O–H groups in total. The monoisotopic (exact) mass is 308 g/mol. The van der Waals surface area contributed by atoms with E-state index < -0.39 is 36.4 Å². The van der Waals surface area contributed by atoms with Crippen LogP contribution in [-0.2, 0) is 9.53 Å². The number of hydrogen-bond acceptors (Lipinski definition) is 4. The van der Waals surface area contributed by atoms with Crippen molar-refractivity contribution in [3.05, 3.63) is 29.8 Å². The molecule has 0 saturated heterocycles. The van der Waals surface area contributed by atoms with Gasteiger partial charge < -0.3 is 19.7 Å². The first-order chi connectivity index (χ1) is 9.60. The molecule has 5 nitrogen and oxygen atoms in total. The topological polar surface area (TPSA) is 76.0 Å². The minimum absolute atomic E-state index is 0.143. The molecule has 0 bridgehead atoms. The van der Waals surface area contributed by atoms with E-state index in [0.29, 0.717) is 0 Å². The molecule has 0 aliphatic heterocycles. The van der Waals surface area contributed by atoms with Crippen LogP contribution in [0.3, 0.4) is 0 Å². The number of rotatable bonds is 6. The SMILES string of the molecule is CC(O)C(C)OC(C(=O)O)c1ccc(OC(F)(F)F)cc1. The second kappa shape index (κ2) is 6.77. The highest BCUT2D eigenvalue weighted by Crippen LogP contribution is 2.26. The van der Waals surface area contributed by atoms with Gasteiger partial charge in [-0.2, -0.15) is 0 Å². The van der Waals surface area contributed by atoms with Crippen LogP contribution >= 0.6 is 0 Å². The Morgan fingerprint density at radius 2 is 1.71 bits per heavy atom. The van der Waals surface area contributed by atoms with Crippen molar-refractivity contribution in [2.45, 2.75) is 38.5 Å². The van der Waals surface area contributed by atoms with Crippen molar-refractivity contribution in [3.8, 4) is 5.75 Å². The third-order valence-corrected chi connectivity index (χ3v) is 2.67. The van der Waals surface area contributed by atoms with E-state index in [-0.39, 0.29) is 5.56 Å². The van der Waals surface area contributed by atoms with E-state index >= 15 is 0 Å². The Morgan fingerprint density at radius 1 is 1.19 bits per heavy atom. The third-order valence-electron chi connectivity index (χ3n) is 2.67. The highest BCUT2D eigenvalue weighted by atomic mass is 19.4. The number of benzene rings is 1. The summed E-state index contributed by atoms with van der Waals surface area (Å²) in [6.07, 6.45) is -7.85. The Kier molecular flexibility index (Phi) is 5.56. The van der Waals surface area contributed by atoms with Gasteiger partial charge in [0.1, 0.15) is 5.75 Å². The maximum atomic E-state index is 12.0. The smallest absolute Gasteiger partial charge is 0.479 e. The van der Waals surface area contributed by atoms with Gasteiger partial charge >= 0.3 is 12.3 Å². The lowest BCUT2D eigenvalue weighted by atomic mass is 10.1. The Morgan fingerprint density at radius 3 is 2.10 bits per heavy atom. The Bertz CT molecular complexity index is 470. The summed E-state index contributed by atoms with van der Waals surface area (Å²) in [6, 6.07) is 4.31. The number of carboxylic acids is 1. The van der Waals surface area contributed by atoms with Gasteiger partial charge in [0.2, 0.25) is 0 Å². The predicted molar refractivity (Wildman–Crippen MR) is 65.7 cm³/mol. The van der Waals surface area contributed by atoms with Crippen LogP contribution in [0, 0.1) is 0 Å². The molecule has 3 unspecified atom stereocenters. The Balaban J connectivity index is 2.87. The van der Waals surface area contributed by atoms with Gasteiger partial charge in [-0.3, -0.25) is 0 Å². The fourth-order valence-corrected chi connectivity index (χ4v) is 1.45. The van der Waals surface area contributed by atoms with E-state index in [4.69, 9.17) is 9.84 Å². The molecule has 0 fully saturated rings. The van der Waals surface area contributed by atoms with Crippen LogP contribution in [0.25, 0.3) is 0 Å². The van der Waals surface area contributed by atoms with Crippen LogP contribution in [0.15, 0.2) is 24.3 Å². The van der Waals surface area contributed by atoms with Gasteiger partial charge in [-0.1, -0.05) is 12.1 Å². The Hall–Kier alpha value is -1.80. The summed E-state index contributed by atoms with van der Waals surface area (Å²) in [5.41, 5.74) is 0.143. The number of aliphatic carboxylic acids is 1. The van der Waals surface area contributed by atoms with Crippen molar-refractivity contribution in [2.24, 2.45) is 0 Å². The second-order valence-electron chi connectivity index (χ2n) is 4.42. The molecule has 0 amide bonds. The van der Waals surface area contributed by atoms with E-state index in [9.17, 15) is 23.1 Å². The molecule has 0 heterocycles. The number of carbonyl (C=O) groups is 1. The molecule has 0 aliphatic carbocycles. The molecule has 0 aromatic heterocycles. The molecule has 3 atom stereocenters. The zero-order valence-corrected chi connectivity index (χ0v) is 11.3. The van der Waals surface area contributed by atoms with E-state index in [1.54, 1.807) is 0 Å². The molecule has 0 saturated carbocycles. The van der Waals surface area contributed by atoms with Crippen LogP contribution in [-0.4, -0.2) is 34.8 Å². The van der Waals surface area contributed by atoms with E-state index in [1.807, 2.05) is 0 Å². The Labute approximate surface area is 118 Å². The summed E-state index contributed by atoms with van der Waals surface area (Å²) in [7, 11) is 0. The summed E-state index contributed by atoms with van der Waals surface area (Å²) < 4.78 is 44.9. The zero-order chi connectivity index (χ0) is 16.2. The van der Waals surface area contributed by atoms with Gasteiger partial charge in [-0.05, 0) is 31.5 Å². The average molecular weight is 308 g/mol. The lowest BCUT2D eigenvalue weighted by Crippen LogP contribution is -2.28. The summed E-state index contributed by atoms with van der Waals surface area (Å²) in [5, 5.41) is 18.4. The van der Waals surface area contributed by atoms with Crippen LogP contribution in [0.5, 0.6) is 5.75 Å². The van der Waals surface area contributed by atoms with Gasteiger partial charge in [0, 0.05) is 0 Å². The van der Waals surface area contributed by atoms with Crippen molar-refractivity contribution in [2.75, 3.05) is 0 Å². The number of aliphatic hydroxyl groups is 1. The summed E-state index contributed by atoms with van der Waals surface area (Å²) in [5.74, 6) is -1.77. The maximum absolute atomic E-state index is 12.0. The molecule has 0 radical (unpaired) electrons. The van der Waals surface area contributed by atoms with Gasteiger partial charge in [0.25, 0.3) is 0 Å². The molecule has 1 aromatic rings.